The minimum Gasteiger partial charge on any atom is -0.374 e. The second-order valence-corrected chi connectivity index (χ2v) is 5.66. The standard InChI is InChI=1S/C12H21N3O/c1-12(7-9-3-4-10(12)16-9)8-14-11-13-5-6-15(11)2/h9-10H,3-8H2,1-2H3,(H,13,14). The summed E-state index contributed by atoms with van der Waals surface area (Å²) in [6.45, 7) is 5.32. The van der Waals surface area contributed by atoms with Crippen LogP contribution >= 0.6 is 0 Å². The Bertz CT molecular complexity index is 317. The fraction of sp³-hybridized carbons (Fsp3) is 0.917. The lowest BCUT2D eigenvalue weighted by atomic mass is 9.75. The van der Waals surface area contributed by atoms with Gasteiger partial charge in [0.2, 0.25) is 0 Å². The topological polar surface area (TPSA) is 36.9 Å². The molecule has 0 aromatic carbocycles. The Morgan fingerprint density at radius 1 is 1.56 bits per heavy atom. The van der Waals surface area contributed by atoms with E-state index in [9.17, 15) is 0 Å². The maximum absolute atomic E-state index is 5.94. The van der Waals surface area contributed by atoms with Gasteiger partial charge in [-0.05, 0) is 19.3 Å². The Kier molecular flexibility index (Phi) is 2.35. The molecule has 2 saturated heterocycles. The van der Waals surface area contributed by atoms with Crippen LogP contribution in [0, 0.1) is 5.41 Å². The third-order valence-electron chi connectivity index (χ3n) is 4.29. The van der Waals surface area contributed by atoms with Crippen LogP contribution in [-0.2, 0) is 4.74 Å². The molecule has 0 spiro atoms. The number of fused-ring (bicyclic) bond motifs is 2. The molecule has 3 unspecified atom stereocenters. The molecule has 0 aliphatic carbocycles. The molecular formula is C12H21N3O. The Balaban J connectivity index is 1.59. The molecular weight excluding hydrogens is 202 g/mol. The van der Waals surface area contributed by atoms with Gasteiger partial charge in [0.25, 0.3) is 0 Å². The summed E-state index contributed by atoms with van der Waals surface area (Å²) < 4.78 is 5.94. The quantitative estimate of drug-likeness (QED) is 0.753. The van der Waals surface area contributed by atoms with Gasteiger partial charge >= 0.3 is 0 Å². The third-order valence-corrected chi connectivity index (χ3v) is 4.29. The average molecular weight is 223 g/mol. The van der Waals surface area contributed by atoms with Crippen LogP contribution in [0.2, 0.25) is 0 Å². The van der Waals surface area contributed by atoms with Crippen molar-refractivity contribution in [3.8, 4) is 0 Å². The van der Waals surface area contributed by atoms with Gasteiger partial charge in [-0.25, -0.2) is 0 Å². The number of nitrogens with one attached hydrogen (secondary N) is 1. The van der Waals surface area contributed by atoms with Gasteiger partial charge in [0.1, 0.15) is 0 Å². The average Bonchev–Trinajstić information content (AvgIpc) is 2.91. The van der Waals surface area contributed by atoms with Crippen LogP contribution in [-0.4, -0.2) is 49.7 Å². The molecule has 90 valence electrons. The van der Waals surface area contributed by atoms with Crippen LogP contribution in [0.25, 0.3) is 0 Å². The second kappa shape index (κ2) is 3.62. The highest BCUT2D eigenvalue weighted by Crippen LogP contribution is 2.46. The zero-order valence-corrected chi connectivity index (χ0v) is 10.2. The Labute approximate surface area is 97.1 Å². The molecule has 3 heterocycles. The summed E-state index contributed by atoms with van der Waals surface area (Å²) in [5, 5.41) is 3.49. The summed E-state index contributed by atoms with van der Waals surface area (Å²) in [5.41, 5.74) is 0.314. The van der Waals surface area contributed by atoms with Gasteiger partial charge in [-0.2, -0.15) is 0 Å². The highest BCUT2D eigenvalue weighted by molar-refractivity contribution is 5.81. The maximum Gasteiger partial charge on any atom is 0.193 e. The van der Waals surface area contributed by atoms with Gasteiger partial charge in [0.05, 0.1) is 18.8 Å². The van der Waals surface area contributed by atoms with Gasteiger partial charge in [-0.3, -0.25) is 4.99 Å². The highest BCUT2D eigenvalue weighted by atomic mass is 16.5. The number of guanidine groups is 1. The van der Waals surface area contributed by atoms with E-state index in [1.54, 1.807) is 0 Å². The van der Waals surface area contributed by atoms with Crippen molar-refractivity contribution in [3.63, 3.8) is 0 Å². The first-order chi connectivity index (χ1) is 7.67. The molecule has 0 saturated carbocycles. The lowest BCUT2D eigenvalue weighted by molar-refractivity contribution is 0.0687. The van der Waals surface area contributed by atoms with Crippen molar-refractivity contribution in [1.82, 2.24) is 10.2 Å². The van der Waals surface area contributed by atoms with Crippen molar-refractivity contribution in [3.05, 3.63) is 0 Å². The number of rotatable bonds is 2. The second-order valence-electron chi connectivity index (χ2n) is 5.66. The lowest BCUT2D eigenvalue weighted by Gasteiger charge is -2.32. The molecule has 3 atom stereocenters. The molecule has 0 radical (unpaired) electrons. The zero-order chi connectivity index (χ0) is 11.2. The number of likely N-dealkylation sites (N-methyl/N-ethyl adjacent to an activating group) is 1. The van der Waals surface area contributed by atoms with Crippen molar-refractivity contribution >= 4 is 5.96 Å². The minimum atomic E-state index is 0.314. The molecule has 0 aromatic heterocycles. The van der Waals surface area contributed by atoms with E-state index >= 15 is 0 Å². The monoisotopic (exact) mass is 223 g/mol. The summed E-state index contributed by atoms with van der Waals surface area (Å²) in [5.74, 6) is 1.06. The van der Waals surface area contributed by atoms with Crippen LogP contribution in [0.1, 0.15) is 26.2 Å². The first-order valence-electron chi connectivity index (χ1n) is 6.32. The van der Waals surface area contributed by atoms with Crippen molar-refractivity contribution in [2.24, 2.45) is 10.4 Å². The van der Waals surface area contributed by atoms with E-state index < -0.39 is 0 Å². The lowest BCUT2D eigenvalue weighted by Crippen LogP contribution is -2.45. The molecule has 2 bridgehead atoms. The van der Waals surface area contributed by atoms with Gasteiger partial charge in [0, 0.05) is 25.6 Å². The van der Waals surface area contributed by atoms with Gasteiger partial charge in [0.15, 0.2) is 5.96 Å². The molecule has 3 aliphatic heterocycles. The predicted molar refractivity (Wildman–Crippen MR) is 63.6 cm³/mol. The van der Waals surface area contributed by atoms with Crippen molar-refractivity contribution in [2.75, 3.05) is 26.7 Å². The summed E-state index contributed by atoms with van der Waals surface area (Å²) >= 11 is 0. The number of ether oxygens (including phenoxy) is 1. The van der Waals surface area contributed by atoms with Crippen LogP contribution in [0.4, 0.5) is 0 Å². The fourth-order valence-corrected chi connectivity index (χ4v) is 3.21. The molecule has 3 aliphatic rings. The third kappa shape index (κ3) is 1.59. The Morgan fingerprint density at radius 2 is 2.44 bits per heavy atom. The molecule has 0 amide bonds. The number of nitrogens with zero attached hydrogens (tertiary/aromatic N) is 2. The van der Waals surface area contributed by atoms with Gasteiger partial charge < -0.3 is 15.0 Å². The number of hydrogen-bond donors (Lipinski definition) is 1. The van der Waals surface area contributed by atoms with Crippen LogP contribution in [0.5, 0.6) is 0 Å². The minimum absolute atomic E-state index is 0.314. The first kappa shape index (κ1) is 10.4. The first-order valence-corrected chi connectivity index (χ1v) is 6.32. The normalized spacial score (nSPS) is 41.6. The SMILES string of the molecule is CN1CCN=C1NCC1(C)CC2CCC1O2. The Hall–Kier alpha value is -0.770. The smallest absolute Gasteiger partial charge is 0.193 e. The molecule has 3 rings (SSSR count). The summed E-state index contributed by atoms with van der Waals surface area (Å²) in [6.07, 6.45) is 4.71. The van der Waals surface area contributed by atoms with E-state index in [1.807, 2.05) is 0 Å². The van der Waals surface area contributed by atoms with E-state index in [1.165, 1.54) is 19.3 Å². The summed E-state index contributed by atoms with van der Waals surface area (Å²) in [7, 11) is 2.10. The molecule has 2 fully saturated rings. The predicted octanol–water partition coefficient (Wildman–Crippen LogP) is 0.835. The van der Waals surface area contributed by atoms with Crippen LogP contribution in [0.3, 0.4) is 0 Å². The zero-order valence-electron chi connectivity index (χ0n) is 10.2. The van der Waals surface area contributed by atoms with Crippen molar-refractivity contribution in [1.29, 1.82) is 0 Å². The van der Waals surface area contributed by atoms with Crippen LogP contribution < -0.4 is 5.32 Å². The summed E-state index contributed by atoms with van der Waals surface area (Å²) in [6, 6.07) is 0. The van der Waals surface area contributed by atoms with E-state index in [4.69, 9.17) is 4.74 Å². The molecule has 4 heteroatoms. The summed E-state index contributed by atoms with van der Waals surface area (Å²) in [4.78, 5) is 6.65. The largest absolute Gasteiger partial charge is 0.374 e. The van der Waals surface area contributed by atoms with Crippen molar-refractivity contribution < 1.29 is 4.74 Å². The molecule has 4 nitrogen and oxygen atoms in total. The maximum atomic E-state index is 5.94. The van der Waals surface area contributed by atoms with Gasteiger partial charge in [-0.1, -0.05) is 6.92 Å². The highest BCUT2D eigenvalue weighted by Gasteiger charge is 2.49. The number of hydrogen-bond acceptors (Lipinski definition) is 4. The fourth-order valence-electron chi connectivity index (χ4n) is 3.21. The van der Waals surface area contributed by atoms with E-state index in [0.717, 1.165) is 25.6 Å². The van der Waals surface area contributed by atoms with Crippen LogP contribution in [0.15, 0.2) is 4.99 Å². The van der Waals surface area contributed by atoms with Crippen molar-refractivity contribution in [2.45, 2.75) is 38.4 Å². The van der Waals surface area contributed by atoms with E-state index in [0.29, 0.717) is 17.6 Å². The number of aliphatic imine (C=N–C) groups is 1. The Morgan fingerprint density at radius 3 is 3.00 bits per heavy atom. The molecule has 0 aromatic rings. The molecule has 1 N–H and O–H groups in total. The van der Waals surface area contributed by atoms with Gasteiger partial charge in [-0.15, -0.1) is 0 Å². The van der Waals surface area contributed by atoms with E-state index in [2.05, 4.69) is 29.2 Å². The van der Waals surface area contributed by atoms with E-state index in [-0.39, 0.29) is 0 Å². The molecule has 16 heavy (non-hydrogen) atoms.